The molecule has 0 atom stereocenters. The third kappa shape index (κ3) is 6.53. The smallest absolute Gasteiger partial charge is 0.191 e. The fourth-order valence-electron chi connectivity index (χ4n) is 2.80. The third-order valence-corrected chi connectivity index (χ3v) is 4.39. The van der Waals surface area contributed by atoms with Gasteiger partial charge in [0.15, 0.2) is 5.96 Å². The highest BCUT2D eigenvalue weighted by atomic mass is 15.3. The Morgan fingerprint density at radius 3 is 2.48 bits per heavy atom. The molecule has 2 heterocycles. The van der Waals surface area contributed by atoms with Crippen molar-refractivity contribution in [2.24, 2.45) is 10.9 Å². The van der Waals surface area contributed by atoms with Gasteiger partial charge in [0.2, 0.25) is 0 Å². The predicted octanol–water partition coefficient (Wildman–Crippen LogP) is 1.93. The van der Waals surface area contributed by atoms with Crippen molar-refractivity contribution in [2.45, 2.75) is 34.2 Å². The Kier molecular flexibility index (Phi) is 7.98. The Balaban J connectivity index is 1.89. The lowest BCUT2D eigenvalue weighted by Crippen LogP contribution is -2.46. The van der Waals surface area contributed by atoms with Crippen LogP contribution >= 0.6 is 0 Å². The molecule has 0 bridgehead atoms. The highest BCUT2D eigenvalue weighted by Crippen LogP contribution is 2.14. The minimum Gasteiger partial charge on any atom is -0.357 e. The zero-order valence-electron chi connectivity index (χ0n) is 16.3. The van der Waals surface area contributed by atoms with Crippen LogP contribution in [0.15, 0.2) is 23.3 Å². The fourth-order valence-corrected chi connectivity index (χ4v) is 2.80. The lowest BCUT2D eigenvalue weighted by atomic mass is 10.2. The maximum Gasteiger partial charge on any atom is 0.191 e. The largest absolute Gasteiger partial charge is 0.357 e. The molecule has 1 aromatic heterocycles. The van der Waals surface area contributed by atoms with E-state index >= 15 is 0 Å². The number of pyridine rings is 1. The molecular weight excluding hydrogens is 312 g/mol. The Morgan fingerprint density at radius 2 is 1.92 bits per heavy atom. The molecule has 0 radical (unpaired) electrons. The Hall–Kier alpha value is -1.82. The summed E-state index contributed by atoms with van der Waals surface area (Å²) in [5.74, 6) is 2.54. The molecule has 25 heavy (non-hydrogen) atoms. The van der Waals surface area contributed by atoms with Gasteiger partial charge in [0, 0.05) is 45.5 Å². The number of nitrogens with one attached hydrogen (secondary N) is 2. The maximum absolute atomic E-state index is 4.65. The maximum atomic E-state index is 4.65. The van der Waals surface area contributed by atoms with Gasteiger partial charge in [-0.1, -0.05) is 26.8 Å². The Morgan fingerprint density at radius 1 is 1.16 bits per heavy atom. The molecule has 1 fully saturated rings. The lowest BCUT2D eigenvalue weighted by molar-refractivity contribution is 0.270. The molecule has 1 aromatic rings. The number of anilines is 1. The molecule has 2 rings (SSSR count). The number of hydrogen-bond acceptors (Lipinski definition) is 4. The van der Waals surface area contributed by atoms with E-state index in [-0.39, 0.29) is 0 Å². The van der Waals surface area contributed by atoms with E-state index in [0.717, 1.165) is 63.2 Å². The monoisotopic (exact) mass is 346 g/mol. The number of hydrogen-bond donors (Lipinski definition) is 2. The van der Waals surface area contributed by atoms with Gasteiger partial charge >= 0.3 is 0 Å². The molecule has 0 aliphatic carbocycles. The van der Waals surface area contributed by atoms with Crippen LogP contribution < -0.4 is 15.5 Å². The van der Waals surface area contributed by atoms with Crippen molar-refractivity contribution in [2.75, 3.05) is 50.7 Å². The van der Waals surface area contributed by atoms with E-state index in [0.29, 0.717) is 12.5 Å². The molecule has 1 aliphatic heterocycles. The molecule has 0 amide bonds. The first-order chi connectivity index (χ1) is 12.1. The second kappa shape index (κ2) is 10.2. The number of likely N-dealkylation sites (N-methyl/N-ethyl adjacent to an activating group) is 1. The summed E-state index contributed by atoms with van der Waals surface area (Å²) >= 11 is 0. The molecule has 1 saturated heterocycles. The Labute approximate surface area is 152 Å². The average Bonchev–Trinajstić information content (AvgIpc) is 2.64. The number of rotatable bonds is 7. The third-order valence-electron chi connectivity index (χ3n) is 4.39. The first kappa shape index (κ1) is 19.5. The second-order valence-electron chi connectivity index (χ2n) is 6.92. The van der Waals surface area contributed by atoms with Crippen molar-refractivity contribution < 1.29 is 0 Å². The van der Waals surface area contributed by atoms with E-state index < -0.39 is 0 Å². The fraction of sp³-hybridized carbons (Fsp3) is 0.684. The minimum atomic E-state index is 0.595. The van der Waals surface area contributed by atoms with Gasteiger partial charge in [-0.2, -0.15) is 0 Å². The molecule has 0 spiro atoms. The number of aliphatic imine (C=N–C) groups is 1. The standard InChI is InChI=1S/C19H34N6/c1-5-20-19(22-13-16(3)4)23-15-17-7-8-18(21-14-17)25-11-9-24(6-2)10-12-25/h7-8,14,16H,5-6,9-13,15H2,1-4H3,(H2,20,22,23). The molecule has 6 nitrogen and oxygen atoms in total. The minimum absolute atomic E-state index is 0.595. The molecule has 1 aliphatic rings. The van der Waals surface area contributed by atoms with Crippen LogP contribution in [0.1, 0.15) is 33.3 Å². The predicted molar refractivity (Wildman–Crippen MR) is 106 cm³/mol. The van der Waals surface area contributed by atoms with Crippen molar-refractivity contribution in [3.63, 3.8) is 0 Å². The number of guanidine groups is 1. The summed E-state index contributed by atoms with van der Waals surface area (Å²) in [5, 5.41) is 6.66. The van der Waals surface area contributed by atoms with Crippen LogP contribution in [0.3, 0.4) is 0 Å². The van der Waals surface area contributed by atoms with Gasteiger partial charge in [0.05, 0.1) is 6.54 Å². The first-order valence-corrected chi connectivity index (χ1v) is 9.56. The van der Waals surface area contributed by atoms with Gasteiger partial charge in [-0.3, -0.25) is 0 Å². The molecule has 6 heteroatoms. The Bertz CT molecular complexity index is 517. The topological polar surface area (TPSA) is 55.8 Å². The van der Waals surface area contributed by atoms with Gasteiger partial charge in [-0.25, -0.2) is 9.98 Å². The number of nitrogens with zero attached hydrogens (tertiary/aromatic N) is 4. The summed E-state index contributed by atoms with van der Waals surface area (Å²) in [6, 6.07) is 4.27. The van der Waals surface area contributed by atoms with Gasteiger partial charge in [-0.05, 0) is 31.0 Å². The van der Waals surface area contributed by atoms with Crippen LogP contribution in [0.25, 0.3) is 0 Å². The average molecular weight is 347 g/mol. The van der Waals surface area contributed by atoms with Crippen LogP contribution in [0.4, 0.5) is 5.82 Å². The SMILES string of the molecule is CCNC(=NCc1ccc(N2CCN(CC)CC2)nc1)NCC(C)C. The van der Waals surface area contributed by atoms with Gasteiger partial charge in [0.25, 0.3) is 0 Å². The first-order valence-electron chi connectivity index (χ1n) is 9.56. The van der Waals surface area contributed by atoms with Crippen LogP contribution in [0.2, 0.25) is 0 Å². The van der Waals surface area contributed by atoms with Crippen molar-refractivity contribution in [1.82, 2.24) is 20.5 Å². The van der Waals surface area contributed by atoms with Gasteiger partial charge in [0.1, 0.15) is 5.82 Å². The summed E-state index contributed by atoms with van der Waals surface area (Å²) in [5.41, 5.74) is 1.14. The van der Waals surface area contributed by atoms with Crippen molar-refractivity contribution in [3.05, 3.63) is 23.9 Å². The molecule has 140 valence electrons. The normalized spacial score (nSPS) is 16.4. The molecule has 0 aromatic carbocycles. The summed E-state index contributed by atoms with van der Waals surface area (Å²) in [7, 11) is 0. The van der Waals surface area contributed by atoms with Crippen molar-refractivity contribution in [3.8, 4) is 0 Å². The summed E-state index contributed by atoms with van der Waals surface area (Å²) in [6.45, 7) is 16.6. The second-order valence-corrected chi connectivity index (χ2v) is 6.92. The lowest BCUT2D eigenvalue weighted by Gasteiger charge is -2.34. The molecular formula is C19H34N6. The van der Waals surface area contributed by atoms with Gasteiger partial charge in [-0.15, -0.1) is 0 Å². The highest BCUT2D eigenvalue weighted by molar-refractivity contribution is 5.79. The molecule has 2 N–H and O–H groups in total. The summed E-state index contributed by atoms with van der Waals surface area (Å²) < 4.78 is 0. The number of piperazine rings is 1. The quantitative estimate of drug-likeness (QED) is 0.584. The molecule has 0 unspecified atom stereocenters. The van der Waals surface area contributed by atoms with E-state index in [2.05, 4.69) is 70.2 Å². The zero-order chi connectivity index (χ0) is 18.1. The van der Waals surface area contributed by atoms with Crippen LogP contribution in [0.5, 0.6) is 0 Å². The summed E-state index contributed by atoms with van der Waals surface area (Å²) in [4.78, 5) is 14.1. The van der Waals surface area contributed by atoms with Crippen molar-refractivity contribution >= 4 is 11.8 Å². The van der Waals surface area contributed by atoms with Crippen molar-refractivity contribution in [1.29, 1.82) is 0 Å². The molecule has 0 saturated carbocycles. The van der Waals surface area contributed by atoms with Gasteiger partial charge < -0.3 is 20.4 Å². The number of aromatic nitrogens is 1. The van der Waals surface area contributed by atoms with Crippen LogP contribution in [-0.4, -0.2) is 61.7 Å². The summed E-state index contributed by atoms with van der Waals surface area (Å²) in [6.07, 6.45) is 1.96. The van der Waals surface area contributed by atoms with E-state index in [1.807, 2.05) is 6.20 Å². The highest BCUT2D eigenvalue weighted by Gasteiger charge is 2.16. The van der Waals surface area contributed by atoms with E-state index in [4.69, 9.17) is 0 Å². The van der Waals surface area contributed by atoms with Crippen LogP contribution in [-0.2, 0) is 6.54 Å². The van der Waals surface area contributed by atoms with E-state index in [1.54, 1.807) is 0 Å². The van der Waals surface area contributed by atoms with Crippen LogP contribution in [0, 0.1) is 5.92 Å². The zero-order valence-corrected chi connectivity index (χ0v) is 16.3. The van der Waals surface area contributed by atoms with E-state index in [1.165, 1.54) is 0 Å². The van der Waals surface area contributed by atoms with E-state index in [9.17, 15) is 0 Å².